The van der Waals surface area contributed by atoms with Gasteiger partial charge in [-0.2, -0.15) is 0 Å². The van der Waals surface area contributed by atoms with Gasteiger partial charge in [-0.1, -0.05) is 31.2 Å². The summed E-state index contributed by atoms with van der Waals surface area (Å²) in [5.74, 6) is -0.220. The molecule has 0 radical (unpaired) electrons. The van der Waals surface area contributed by atoms with Crippen LogP contribution in [0.15, 0.2) is 24.3 Å². The number of hydrogen-bond donors (Lipinski definition) is 2. The van der Waals surface area contributed by atoms with Gasteiger partial charge in [0.05, 0.1) is 0 Å². The van der Waals surface area contributed by atoms with Gasteiger partial charge in [0.15, 0.2) is 0 Å². The van der Waals surface area contributed by atoms with Crippen molar-refractivity contribution in [3.05, 3.63) is 35.4 Å². The number of benzene rings is 1. The minimum atomic E-state index is -1.14. The Balaban J connectivity index is 1.45. The predicted octanol–water partition coefficient (Wildman–Crippen LogP) is 1.75. The Morgan fingerprint density at radius 1 is 1.04 bits per heavy atom. The lowest BCUT2D eigenvalue weighted by molar-refractivity contribution is -0.139. The molecule has 0 unspecified atom stereocenters. The van der Waals surface area contributed by atoms with Gasteiger partial charge >= 0.3 is 0 Å². The fraction of sp³-hybridized carbons (Fsp3) is 0.650. The summed E-state index contributed by atoms with van der Waals surface area (Å²) in [5.41, 5.74) is 1.25. The molecule has 1 aliphatic carbocycles. The first-order valence-corrected chi connectivity index (χ1v) is 9.62. The van der Waals surface area contributed by atoms with Crippen LogP contribution in [-0.2, 0) is 17.9 Å². The average Bonchev–Trinajstić information content (AvgIpc) is 3.09. The zero-order valence-electron chi connectivity index (χ0n) is 15.3. The highest BCUT2D eigenvalue weighted by molar-refractivity contribution is 5.85. The van der Waals surface area contributed by atoms with Crippen LogP contribution >= 0.6 is 0 Å². The number of hydrogen-bond acceptors (Lipinski definition) is 4. The van der Waals surface area contributed by atoms with Crippen LogP contribution in [-0.4, -0.2) is 59.1 Å². The van der Waals surface area contributed by atoms with Gasteiger partial charge < -0.3 is 15.3 Å². The van der Waals surface area contributed by atoms with Gasteiger partial charge in [0.2, 0.25) is 0 Å². The highest BCUT2D eigenvalue weighted by Crippen LogP contribution is 2.29. The first-order chi connectivity index (χ1) is 12.1. The highest BCUT2D eigenvalue weighted by Gasteiger charge is 2.38. The molecule has 1 aliphatic heterocycles. The minimum absolute atomic E-state index is 0.220. The molecule has 25 heavy (non-hydrogen) atoms. The summed E-state index contributed by atoms with van der Waals surface area (Å²) in [6.07, 6.45) is 3.04. The number of carbonyl (C=O) groups excluding carboxylic acids is 1. The average molecular weight is 345 g/mol. The summed E-state index contributed by atoms with van der Waals surface area (Å²) >= 11 is 0. The largest absolute Gasteiger partial charge is 0.380 e. The molecule has 0 bridgehead atoms. The molecular weight excluding hydrogens is 314 g/mol. The van der Waals surface area contributed by atoms with Crippen LogP contribution in [0.5, 0.6) is 0 Å². The van der Waals surface area contributed by atoms with Crippen molar-refractivity contribution in [2.24, 2.45) is 0 Å². The Hall–Kier alpha value is -1.43. The third-order valence-electron chi connectivity index (χ3n) is 5.65. The van der Waals surface area contributed by atoms with Crippen LogP contribution in [0.3, 0.4) is 0 Å². The van der Waals surface area contributed by atoms with Gasteiger partial charge in [-0.15, -0.1) is 0 Å². The quantitative estimate of drug-likeness (QED) is 0.825. The molecule has 2 fully saturated rings. The summed E-state index contributed by atoms with van der Waals surface area (Å²) in [7, 11) is 0. The lowest BCUT2D eigenvalue weighted by Gasteiger charge is -2.34. The first kappa shape index (κ1) is 18.4. The van der Waals surface area contributed by atoms with Gasteiger partial charge in [-0.05, 0) is 43.4 Å². The van der Waals surface area contributed by atoms with Crippen molar-refractivity contribution in [1.82, 2.24) is 15.1 Å². The number of amides is 1. The van der Waals surface area contributed by atoms with Crippen molar-refractivity contribution in [3.63, 3.8) is 0 Å². The van der Waals surface area contributed by atoms with E-state index in [1.807, 2.05) is 0 Å². The monoisotopic (exact) mass is 345 g/mol. The molecular formula is C20H31N3O2. The molecule has 5 nitrogen and oxygen atoms in total. The molecule has 5 heteroatoms. The summed E-state index contributed by atoms with van der Waals surface area (Å²) in [6, 6.07) is 8.46. The van der Waals surface area contributed by atoms with Gasteiger partial charge in [0.1, 0.15) is 5.60 Å². The van der Waals surface area contributed by atoms with Crippen LogP contribution < -0.4 is 5.32 Å². The van der Waals surface area contributed by atoms with Crippen LogP contribution in [0, 0.1) is 0 Å². The third-order valence-corrected chi connectivity index (χ3v) is 5.65. The molecule has 1 amide bonds. The zero-order valence-corrected chi connectivity index (χ0v) is 15.3. The second-order valence-corrected chi connectivity index (χ2v) is 7.45. The van der Waals surface area contributed by atoms with Gasteiger partial charge in [0.25, 0.3) is 5.91 Å². The van der Waals surface area contributed by atoms with E-state index in [1.165, 1.54) is 5.56 Å². The maximum absolute atomic E-state index is 12.1. The predicted molar refractivity (Wildman–Crippen MR) is 99.1 cm³/mol. The Kier molecular flexibility index (Phi) is 6.10. The lowest BCUT2D eigenvalue weighted by Crippen LogP contribution is -2.45. The van der Waals surface area contributed by atoms with E-state index in [-0.39, 0.29) is 5.91 Å². The van der Waals surface area contributed by atoms with Crippen molar-refractivity contribution in [1.29, 1.82) is 0 Å². The normalized spacial score (nSPS) is 21.4. The van der Waals surface area contributed by atoms with E-state index in [0.717, 1.165) is 57.7 Å². The molecule has 1 heterocycles. The SMILES string of the molecule is CCN1CCN(Cc2ccc(CNC(=O)C3(O)CCCC3)cc2)CC1. The lowest BCUT2D eigenvalue weighted by atomic mass is 10.0. The maximum Gasteiger partial charge on any atom is 0.252 e. The van der Waals surface area contributed by atoms with Crippen LogP contribution in [0.1, 0.15) is 43.7 Å². The summed E-state index contributed by atoms with van der Waals surface area (Å²) in [6.45, 7) is 9.41. The van der Waals surface area contributed by atoms with E-state index < -0.39 is 5.60 Å². The molecule has 0 aromatic heterocycles. The summed E-state index contributed by atoms with van der Waals surface area (Å²) in [5, 5.41) is 13.2. The van der Waals surface area contributed by atoms with E-state index in [0.29, 0.717) is 19.4 Å². The van der Waals surface area contributed by atoms with E-state index in [9.17, 15) is 9.90 Å². The molecule has 1 saturated carbocycles. The van der Waals surface area contributed by atoms with Crippen molar-refractivity contribution in [2.45, 2.75) is 51.3 Å². The number of carbonyl (C=O) groups is 1. The fourth-order valence-electron chi connectivity index (χ4n) is 3.82. The van der Waals surface area contributed by atoms with E-state index >= 15 is 0 Å². The Morgan fingerprint density at radius 2 is 1.60 bits per heavy atom. The number of likely N-dealkylation sites (N-methyl/N-ethyl adjacent to an activating group) is 1. The third kappa shape index (κ3) is 4.81. The minimum Gasteiger partial charge on any atom is -0.380 e. The summed E-state index contributed by atoms with van der Waals surface area (Å²) in [4.78, 5) is 17.1. The van der Waals surface area contributed by atoms with Crippen molar-refractivity contribution in [3.8, 4) is 0 Å². The molecule has 3 rings (SSSR count). The molecule has 0 spiro atoms. The molecule has 2 aliphatic rings. The van der Waals surface area contributed by atoms with Crippen LogP contribution in [0.2, 0.25) is 0 Å². The zero-order chi connectivity index (χ0) is 17.7. The van der Waals surface area contributed by atoms with Crippen molar-refractivity contribution < 1.29 is 9.90 Å². The Bertz CT molecular complexity index is 559. The maximum atomic E-state index is 12.1. The van der Waals surface area contributed by atoms with Crippen LogP contribution in [0.25, 0.3) is 0 Å². The second-order valence-electron chi connectivity index (χ2n) is 7.45. The smallest absolute Gasteiger partial charge is 0.252 e. The fourth-order valence-corrected chi connectivity index (χ4v) is 3.82. The van der Waals surface area contributed by atoms with E-state index in [4.69, 9.17) is 0 Å². The molecule has 138 valence electrons. The number of rotatable bonds is 6. The van der Waals surface area contributed by atoms with Crippen LogP contribution in [0.4, 0.5) is 0 Å². The summed E-state index contributed by atoms with van der Waals surface area (Å²) < 4.78 is 0. The van der Waals surface area contributed by atoms with E-state index in [2.05, 4.69) is 46.3 Å². The molecule has 0 atom stereocenters. The first-order valence-electron chi connectivity index (χ1n) is 9.62. The topological polar surface area (TPSA) is 55.8 Å². The Morgan fingerprint density at radius 3 is 2.20 bits per heavy atom. The van der Waals surface area contributed by atoms with Gasteiger partial charge in [-0.25, -0.2) is 0 Å². The number of nitrogens with one attached hydrogen (secondary N) is 1. The standard InChI is InChI=1S/C20H31N3O2/c1-2-22-11-13-23(14-12-22)16-18-7-5-17(6-8-18)15-21-19(24)20(25)9-3-4-10-20/h5-8,25H,2-4,9-16H2,1H3,(H,21,24). The molecule has 1 saturated heterocycles. The number of nitrogens with zero attached hydrogens (tertiary/aromatic N) is 2. The highest BCUT2D eigenvalue weighted by atomic mass is 16.3. The number of piperazine rings is 1. The molecule has 1 aromatic carbocycles. The van der Waals surface area contributed by atoms with E-state index in [1.54, 1.807) is 0 Å². The Labute approximate surface area is 151 Å². The molecule has 1 aromatic rings. The van der Waals surface area contributed by atoms with Crippen molar-refractivity contribution >= 4 is 5.91 Å². The second kappa shape index (κ2) is 8.30. The van der Waals surface area contributed by atoms with Gasteiger partial charge in [0, 0.05) is 39.3 Å². The van der Waals surface area contributed by atoms with Gasteiger partial charge in [-0.3, -0.25) is 9.69 Å². The van der Waals surface area contributed by atoms with Crippen molar-refractivity contribution in [2.75, 3.05) is 32.7 Å². The molecule has 2 N–H and O–H groups in total. The number of aliphatic hydroxyl groups is 1.